The summed E-state index contributed by atoms with van der Waals surface area (Å²) in [6.07, 6.45) is 0.450. The Balaban J connectivity index is 1.80. The van der Waals surface area contributed by atoms with Crippen LogP contribution in [0.4, 0.5) is 13.2 Å². The van der Waals surface area contributed by atoms with Crippen LogP contribution in [0.5, 0.6) is 6.01 Å². The lowest BCUT2D eigenvalue weighted by atomic mass is 9.92. The lowest BCUT2D eigenvalue weighted by molar-refractivity contribution is -0.147. The van der Waals surface area contributed by atoms with Gasteiger partial charge in [0.25, 0.3) is 0 Å². The van der Waals surface area contributed by atoms with Crippen LogP contribution < -0.4 is 9.46 Å². The van der Waals surface area contributed by atoms with E-state index in [2.05, 4.69) is 21.0 Å². The molecule has 0 aliphatic heterocycles. The summed E-state index contributed by atoms with van der Waals surface area (Å²) in [4.78, 5) is 12.2. The summed E-state index contributed by atoms with van der Waals surface area (Å²) in [7, 11) is -3.03. The van der Waals surface area contributed by atoms with Gasteiger partial charge in [0.15, 0.2) is 0 Å². The maximum absolute atomic E-state index is 12.8. The number of hydrogen-bond donors (Lipinski definition) is 1. The third-order valence-electron chi connectivity index (χ3n) is 5.57. The van der Waals surface area contributed by atoms with Crippen molar-refractivity contribution in [2.75, 3.05) is 7.11 Å². The van der Waals surface area contributed by atoms with Crippen molar-refractivity contribution in [2.24, 2.45) is 0 Å². The summed E-state index contributed by atoms with van der Waals surface area (Å²) in [5.41, 5.74) is 1.50. The van der Waals surface area contributed by atoms with Gasteiger partial charge in [0, 0.05) is 18.4 Å². The number of fused-ring (bicyclic) bond motifs is 1. The van der Waals surface area contributed by atoms with E-state index in [-0.39, 0.29) is 17.6 Å². The quantitative estimate of drug-likeness (QED) is 0.574. The highest BCUT2D eigenvalue weighted by Crippen LogP contribution is 2.41. The maximum atomic E-state index is 12.8. The molecule has 1 fully saturated rings. The minimum Gasteiger partial charge on any atom is -0.467 e. The fourth-order valence-electron chi connectivity index (χ4n) is 3.58. The first-order valence-corrected chi connectivity index (χ1v) is 11.5. The van der Waals surface area contributed by atoms with E-state index in [0.717, 1.165) is 31.5 Å². The number of nitriles is 1. The second kappa shape index (κ2) is 8.27. The number of pyridine rings is 1. The highest BCUT2D eigenvalue weighted by molar-refractivity contribution is 7.89. The fourth-order valence-corrected chi connectivity index (χ4v) is 4.76. The average Bonchev–Trinajstić information content (AvgIpc) is 3.04. The highest BCUT2D eigenvalue weighted by Gasteiger charge is 2.39. The number of aromatic nitrogens is 4. The molecule has 1 saturated carbocycles. The Morgan fingerprint density at radius 3 is 2.52 bits per heavy atom. The molecule has 13 heteroatoms. The number of alkyl halides is 3. The minimum atomic E-state index is -4.73. The number of halogens is 3. The van der Waals surface area contributed by atoms with Gasteiger partial charge in [0.2, 0.25) is 10.0 Å². The molecule has 0 bridgehead atoms. The van der Waals surface area contributed by atoms with Crippen molar-refractivity contribution in [3.63, 3.8) is 0 Å². The van der Waals surface area contributed by atoms with Crippen molar-refractivity contribution in [1.29, 1.82) is 5.26 Å². The number of sulfonamides is 1. The molecule has 0 saturated heterocycles. The van der Waals surface area contributed by atoms with Crippen LogP contribution >= 0.6 is 0 Å². The number of rotatable bonds is 6. The summed E-state index contributed by atoms with van der Waals surface area (Å²) in [6.45, 7) is 0.713. The van der Waals surface area contributed by atoms with Crippen LogP contribution in [-0.2, 0) is 10.0 Å². The van der Waals surface area contributed by atoms with Crippen molar-refractivity contribution in [1.82, 2.24) is 24.2 Å². The summed E-state index contributed by atoms with van der Waals surface area (Å²) in [6, 6.07) is 2.60. The standard InChI is InChI=1S/C20H19F3N6O3S/c1-11(20(21,22)23)28-33(30,31)13-6-7-16(25-9-13)17-14(8-24)15-10-26-19(32-2)27-18(15)29(17)12-4-3-5-12/h6-7,9-12,28H,3-5H2,1-2H3/t11-/m1/s1. The zero-order chi connectivity index (χ0) is 24.0. The van der Waals surface area contributed by atoms with Gasteiger partial charge in [0.05, 0.1) is 29.4 Å². The molecule has 174 valence electrons. The van der Waals surface area contributed by atoms with Crippen molar-refractivity contribution < 1.29 is 26.3 Å². The third-order valence-corrected chi connectivity index (χ3v) is 7.09. The van der Waals surface area contributed by atoms with Crippen LogP contribution in [0.1, 0.15) is 37.8 Å². The first-order chi connectivity index (χ1) is 15.6. The molecule has 1 N–H and O–H groups in total. The Labute approximate surface area is 187 Å². The highest BCUT2D eigenvalue weighted by atomic mass is 32.2. The summed E-state index contributed by atoms with van der Waals surface area (Å²) in [5, 5.41) is 10.4. The molecule has 1 aliphatic rings. The molecular weight excluding hydrogens is 461 g/mol. The zero-order valence-corrected chi connectivity index (χ0v) is 18.4. The van der Waals surface area contributed by atoms with Gasteiger partial charge in [-0.3, -0.25) is 4.98 Å². The Morgan fingerprint density at radius 1 is 1.27 bits per heavy atom. The van der Waals surface area contributed by atoms with Gasteiger partial charge in [0.1, 0.15) is 22.7 Å². The van der Waals surface area contributed by atoms with Gasteiger partial charge in [-0.15, -0.1) is 0 Å². The topological polar surface area (TPSA) is 123 Å². The molecule has 0 amide bonds. The normalized spacial score (nSPS) is 15.8. The number of hydrogen-bond acceptors (Lipinski definition) is 7. The van der Waals surface area contributed by atoms with Gasteiger partial charge in [-0.1, -0.05) is 0 Å². The van der Waals surface area contributed by atoms with Crippen LogP contribution in [0.3, 0.4) is 0 Å². The molecule has 9 nitrogen and oxygen atoms in total. The Bertz CT molecular complexity index is 1340. The van der Waals surface area contributed by atoms with E-state index in [4.69, 9.17) is 4.74 Å². The maximum Gasteiger partial charge on any atom is 0.404 e. The molecule has 0 unspecified atom stereocenters. The van der Waals surface area contributed by atoms with Crippen LogP contribution in [0.25, 0.3) is 22.4 Å². The van der Waals surface area contributed by atoms with Crippen molar-refractivity contribution >= 4 is 21.1 Å². The number of nitrogens with zero attached hydrogens (tertiary/aromatic N) is 5. The molecule has 4 rings (SSSR count). The van der Waals surface area contributed by atoms with Crippen LogP contribution in [-0.4, -0.2) is 47.3 Å². The van der Waals surface area contributed by atoms with Gasteiger partial charge in [-0.2, -0.15) is 28.1 Å². The second-order valence-corrected chi connectivity index (χ2v) is 9.36. The zero-order valence-electron chi connectivity index (χ0n) is 17.6. The van der Waals surface area contributed by atoms with Crippen molar-refractivity contribution in [2.45, 2.75) is 49.3 Å². The fraction of sp³-hybridized carbons (Fsp3) is 0.400. The van der Waals surface area contributed by atoms with Crippen molar-refractivity contribution in [3.8, 4) is 23.5 Å². The molecule has 3 aromatic rings. The summed E-state index contributed by atoms with van der Waals surface area (Å²) >= 11 is 0. The lowest BCUT2D eigenvalue weighted by Crippen LogP contribution is -2.42. The lowest BCUT2D eigenvalue weighted by Gasteiger charge is -2.29. The average molecular weight is 480 g/mol. The van der Waals surface area contributed by atoms with E-state index >= 15 is 0 Å². The second-order valence-electron chi connectivity index (χ2n) is 7.65. The predicted molar refractivity (Wildman–Crippen MR) is 111 cm³/mol. The largest absolute Gasteiger partial charge is 0.467 e. The van der Waals surface area contributed by atoms with Gasteiger partial charge in [-0.25, -0.2) is 13.4 Å². The van der Waals surface area contributed by atoms with Crippen molar-refractivity contribution in [3.05, 3.63) is 30.1 Å². The molecule has 1 atom stereocenters. The van der Waals surface area contributed by atoms with E-state index in [1.807, 2.05) is 4.57 Å². The monoisotopic (exact) mass is 480 g/mol. The smallest absolute Gasteiger partial charge is 0.404 e. The molecule has 0 radical (unpaired) electrons. The van der Waals surface area contributed by atoms with E-state index < -0.39 is 27.1 Å². The molecule has 0 aromatic carbocycles. The molecule has 33 heavy (non-hydrogen) atoms. The molecule has 0 spiro atoms. The number of methoxy groups -OCH3 is 1. The van der Waals surface area contributed by atoms with Crippen LogP contribution in [0.15, 0.2) is 29.4 Å². The van der Waals surface area contributed by atoms with E-state index in [9.17, 15) is 26.9 Å². The van der Waals surface area contributed by atoms with E-state index in [1.165, 1.54) is 19.4 Å². The first-order valence-electron chi connectivity index (χ1n) is 9.97. The SMILES string of the molecule is COc1ncc2c(C#N)c(-c3ccc(S(=O)(=O)N[C@H](C)C(F)(F)F)cn3)n(C3CCC3)c2n1. The Kier molecular flexibility index (Phi) is 5.75. The van der Waals surface area contributed by atoms with Gasteiger partial charge >= 0.3 is 12.2 Å². The Morgan fingerprint density at radius 2 is 2.00 bits per heavy atom. The third kappa shape index (κ3) is 4.11. The molecule has 3 heterocycles. The first kappa shape index (κ1) is 22.9. The van der Waals surface area contributed by atoms with Crippen LogP contribution in [0.2, 0.25) is 0 Å². The summed E-state index contributed by atoms with van der Waals surface area (Å²) < 4.78 is 71.7. The predicted octanol–water partition coefficient (Wildman–Crippen LogP) is 3.33. The minimum absolute atomic E-state index is 0.0590. The van der Waals surface area contributed by atoms with E-state index in [0.29, 0.717) is 29.3 Å². The van der Waals surface area contributed by atoms with Crippen LogP contribution in [0, 0.1) is 11.3 Å². The molecule has 3 aromatic heterocycles. The number of nitrogens with one attached hydrogen (secondary N) is 1. The van der Waals surface area contributed by atoms with E-state index in [1.54, 1.807) is 4.72 Å². The van der Waals surface area contributed by atoms with Gasteiger partial charge in [-0.05, 0) is 38.3 Å². The molecule has 1 aliphatic carbocycles. The van der Waals surface area contributed by atoms with Gasteiger partial charge < -0.3 is 9.30 Å². The molecular formula is C20H19F3N6O3S. The Hall–Kier alpha value is -3.24. The number of ether oxygens (including phenoxy) is 1. The summed E-state index contributed by atoms with van der Waals surface area (Å²) in [5.74, 6) is 0.